The number of hydrazone groups is 1. The number of rotatable bonds is 7. The molecule has 12 nitrogen and oxygen atoms in total. The smallest absolute Gasteiger partial charge is 0.435 e. The van der Waals surface area contributed by atoms with E-state index in [1.54, 1.807) is 0 Å². The van der Waals surface area contributed by atoms with Crippen LogP contribution >= 0.6 is 11.3 Å². The summed E-state index contributed by atoms with van der Waals surface area (Å²) in [5.41, 5.74) is 10.6. The number of aromatic carboxylic acids is 1. The first-order chi connectivity index (χ1) is 13.6. The number of nitrogens with one attached hydrogen (secondary N) is 1. The minimum atomic E-state index is -4.36. The number of anilines is 2. The number of nitrogens with zero attached hydrogens (tertiary/aromatic N) is 3. The van der Waals surface area contributed by atoms with Crippen LogP contribution in [0.25, 0.3) is 0 Å². The van der Waals surface area contributed by atoms with Gasteiger partial charge in [-0.3, -0.25) is 4.72 Å². The summed E-state index contributed by atoms with van der Waals surface area (Å²) in [7, 11) is -4.36. The van der Waals surface area contributed by atoms with Crippen molar-refractivity contribution in [1.82, 2.24) is 4.98 Å². The number of carboxylic acid groups (broad SMARTS) is 1. The third-order valence-electron chi connectivity index (χ3n) is 3.11. The summed E-state index contributed by atoms with van der Waals surface area (Å²) >= 11 is 0.737. The summed E-state index contributed by atoms with van der Waals surface area (Å²) < 4.78 is 46.2. The normalized spacial score (nSPS) is 10.8. The van der Waals surface area contributed by atoms with Crippen LogP contribution in [0, 0.1) is 5.82 Å². The number of carbonyl (C=O) groups is 2. The lowest BCUT2D eigenvalue weighted by atomic mass is 10.3. The van der Waals surface area contributed by atoms with E-state index in [4.69, 9.17) is 21.3 Å². The molecule has 0 saturated carbocycles. The zero-order valence-corrected chi connectivity index (χ0v) is 16.3. The SMILES string of the molecule is CCOC(=O)N(N=C(N)N)c1ccc(S(=O)(=O)Nc2scnc2C(=O)O)cc1F. The van der Waals surface area contributed by atoms with Gasteiger partial charge in [-0.25, -0.2) is 27.4 Å². The van der Waals surface area contributed by atoms with E-state index in [9.17, 15) is 22.4 Å². The predicted octanol–water partition coefficient (Wildman–Crippen LogP) is 0.933. The maximum Gasteiger partial charge on any atom is 0.435 e. The number of carboxylic acids is 1. The molecule has 1 aromatic carbocycles. The molecule has 1 heterocycles. The van der Waals surface area contributed by atoms with Gasteiger partial charge in [-0.15, -0.1) is 16.4 Å². The molecule has 0 bridgehead atoms. The maximum atomic E-state index is 14.6. The van der Waals surface area contributed by atoms with Gasteiger partial charge in [-0.1, -0.05) is 0 Å². The largest absolute Gasteiger partial charge is 0.476 e. The number of halogens is 1. The molecule has 2 rings (SSSR count). The highest BCUT2D eigenvalue weighted by Gasteiger charge is 2.25. The molecule has 0 atom stereocenters. The molecule has 0 unspecified atom stereocenters. The van der Waals surface area contributed by atoms with Crippen molar-refractivity contribution in [2.45, 2.75) is 11.8 Å². The Balaban J connectivity index is 2.40. The number of nitrogens with two attached hydrogens (primary N) is 2. The molecule has 1 aromatic heterocycles. The number of guanidine groups is 1. The van der Waals surface area contributed by atoms with Gasteiger partial charge in [0.05, 0.1) is 17.0 Å². The third-order valence-corrected chi connectivity index (χ3v) is 5.33. The van der Waals surface area contributed by atoms with Crippen molar-refractivity contribution in [3.63, 3.8) is 0 Å². The van der Waals surface area contributed by atoms with Crippen LogP contribution in [0.3, 0.4) is 0 Å². The highest BCUT2D eigenvalue weighted by Crippen LogP contribution is 2.27. The fourth-order valence-corrected chi connectivity index (χ4v) is 3.97. The Morgan fingerprint density at radius 3 is 2.66 bits per heavy atom. The molecule has 0 aliphatic rings. The van der Waals surface area contributed by atoms with Crippen LogP contribution < -0.4 is 21.2 Å². The van der Waals surface area contributed by atoms with Crippen LogP contribution in [0.5, 0.6) is 0 Å². The van der Waals surface area contributed by atoms with Crippen LogP contribution in [-0.4, -0.2) is 43.1 Å². The minimum Gasteiger partial charge on any atom is -0.476 e. The summed E-state index contributed by atoms with van der Waals surface area (Å²) in [6, 6.07) is 2.52. The lowest BCUT2D eigenvalue weighted by Crippen LogP contribution is -2.33. The van der Waals surface area contributed by atoms with Crippen molar-refractivity contribution in [3.8, 4) is 0 Å². The topological polar surface area (TPSA) is 190 Å². The van der Waals surface area contributed by atoms with Crippen LogP contribution in [0.4, 0.5) is 19.9 Å². The Kier molecular flexibility index (Phi) is 6.55. The van der Waals surface area contributed by atoms with E-state index >= 15 is 0 Å². The predicted molar refractivity (Wildman–Crippen MR) is 102 cm³/mol. The van der Waals surface area contributed by atoms with Crippen molar-refractivity contribution in [3.05, 3.63) is 35.2 Å². The Labute approximate surface area is 167 Å². The van der Waals surface area contributed by atoms with E-state index in [0.717, 1.165) is 29.0 Å². The Hall–Kier alpha value is -3.46. The Morgan fingerprint density at radius 2 is 2.10 bits per heavy atom. The highest BCUT2D eigenvalue weighted by atomic mass is 32.2. The number of hydrogen-bond donors (Lipinski definition) is 4. The number of benzene rings is 1. The molecule has 156 valence electrons. The number of ether oxygens (including phenoxy) is 1. The van der Waals surface area contributed by atoms with E-state index in [2.05, 4.69) is 10.1 Å². The van der Waals surface area contributed by atoms with Gasteiger partial charge in [0.25, 0.3) is 10.0 Å². The first-order valence-corrected chi connectivity index (χ1v) is 9.98. The second-order valence-electron chi connectivity index (χ2n) is 5.09. The number of hydrogen-bond acceptors (Lipinski definition) is 8. The van der Waals surface area contributed by atoms with Crippen LogP contribution in [0.1, 0.15) is 17.4 Å². The fourth-order valence-electron chi connectivity index (χ4n) is 1.97. The van der Waals surface area contributed by atoms with Gasteiger partial charge in [0.2, 0.25) is 5.96 Å². The summed E-state index contributed by atoms with van der Waals surface area (Å²) in [4.78, 5) is 26.0. The number of amides is 1. The summed E-state index contributed by atoms with van der Waals surface area (Å²) in [5, 5.41) is 12.6. The lowest BCUT2D eigenvalue weighted by Gasteiger charge is -2.17. The molecule has 0 aliphatic carbocycles. The van der Waals surface area contributed by atoms with Crippen molar-refractivity contribution in [2.24, 2.45) is 16.6 Å². The zero-order chi connectivity index (χ0) is 21.8. The number of carbonyl (C=O) groups excluding carboxylic acids is 1. The molecule has 0 aliphatic heterocycles. The van der Waals surface area contributed by atoms with Gasteiger partial charge >= 0.3 is 12.1 Å². The van der Waals surface area contributed by atoms with E-state index in [-0.39, 0.29) is 11.6 Å². The van der Waals surface area contributed by atoms with Crippen LogP contribution in [-0.2, 0) is 14.8 Å². The van der Waals surface area contributed by atoms with Crippen molar-refractivity contribution in [1.29, 1.82) is 0 Å². The van der Waals surface area contributed by atoms with Gasteiger partial charge in [-0.2, -0.15) is 5.01 Å². The van der Waals surface area contributed by atoms with E-state index in [0.29, 0.717) is 11.1 Å². The summed E-state index contributed by atoms with van der Waals surface area (Å²) in [6.45, 7) is 1.46. The number of sulfonamides is 1. The highest BCUT2D eigenvalue weighted by molar-refractivity contribution is 7.93. The number of aromatic nitrogens is 1. The van der Waals surface area contributed by atoms with Crippen LogP contribution in [0.15, 0.2) is 33.7 Å². The van der Waals surface area contributed by atoms with Gasteiger partial charge in [0.1, 0.15) is 10.7 Å². The molecule has 29 heavy (non-hydrogen) atoms. The zero-order valence-electron chi connectivity index (χ0n) is 14.7. The van der Waals surface area contributed by atoms with E-state index < -0.39 is 50.1 Å². The average Bonchev–Trinajstić information content (AvgIpc) is 3.07. The Bertz CT molecular complexity index is 1070. The molecule has 0 fully saturated rings. The minimum absolute atomic E-state index is 0.0475. The Morgan fingerprint density at radius 1 is 1.41 bits per heavy atom. The molecular weight excluding hydrogens is 431 g/mol. The summed E-state index contributed by atoms with van der Waals surface area (Å²) in [5.74, 6) is -3.16. The van der Waals surface area contributed by atoms with E-state index in [1.165, 1.54) is 6.92 Å². The number of thiazole rings is 1. The van der Waals surface area contributed by atoms with Gasteiger partial charge in [0.15, 0.2) is 11.5 Å². The quantitative estimate of drug-likeness (QED) is 0.272. The molecule has 1 amide bonds. The molecule has 15 heteroatoms. The molecule has 0 radical (unpaired) electrons. The van der Waals surface area contributed by atoms with Crippen molar-refractivity contribution >= 4 is 50.1 Å². The monoisotopic (exact) mass is 446 g/mol. The van der Waals surface area contributed by atoms with E-state index in [1.807, 2.05) is 4.72 Å². The second-order valence-corrected chi connectivity index (χ2v) is 7.63. The summed E-state index contributed by atoms with van der Waals surface area (Å²) in [6.07, 6.45) is -1.09. The van der Waals surface area contributed by atoms with Gasteiger partial charge < -0.3 is 21.3 Å². The third kappa shape index (κ3) is 5.08. The molecule has 0 spiro atoms. The molecular formula is C14H15FN6O6S2. The van der Waals surface area contributed by atoms with Crippen LogP contribution in [0.2, 0.25) is 0 Å². The van der Waals surface area contributed by atoms with Crippen molar-refractivity contribution in [2.75, 3.05) is 16.3 Å². The molecule has 2 aromatic rings. The van der Waals surface area contributed by atoms with Gasteiger partial charge in [-0.05, 0) is 25.1 Å². The van der Waals surface area contributed by atoms with Gasteiger partial charge in [0, 0.05) is 0 Å². The average molecular weight is 446 g/mol. The lowest BCUT2D eigenvalue weighted by molar-refractivity contribution is 0.0692. The van der Waals surface area contributed by atoms with Crippen molar-refractivity contribution < 1.29 is 32.2 Å². The molecule has 6 N–H and O–H groups in total. The first-order valence-electron chi connectivity index (χ1n) is 7.62. The maximum absolute atomic E-state index is 14.6. The fraction of sp³-hybridized carbons (Fsp3) is 0.143. The molecule has 0 saturated heterocycles. The standard InChI is InChI=1S/C14H15FN6O6S2/c1-2-27-14(24)21(19-13(16)17)9-4-3-7(5-8(9)15)29(25,26)20-11-10(12(22)23)18-6-28-11/h3-6,20H,2H2,1H3,(H,22,23)(H4,16,17,19). The second kappa shape index (κ2) is 8.70. The first kappa shape index (κ1) is 21.8.